The van der Waals surface area contributed by atoms with Crippen LogP contribution in [-0.4, -0.2) is 34.7 Å². The Balaban J connectivity index is 0.000000270. The Morgan fingerprint density at radius 3 is 2.43 bits per heavy atom. The Labute approximate surface area is 127 Å². The normalized spacial score (nSPS) is 13.8. The van der Waals surface area contributed by atoms with Gasteiger partial charge in [0.25, 0.3) is 0 Å². The van der Waals surface area contributed by atoms with E-state index >= 15 is 0 Å². The maximum absolute atomic E-state index is 10.6. The van der Waals surface area contributed by atoms with Crippen molar-refractivity contribution in [1.82, 2.24) is 4.90 Å². The third-order valence-electron chi connectivity index (χ3n) is 2.76. The van der Waals surface area contributed by atoms with Gasteiger partial charge in [-0.2, -0.15) is 13.2 Å². The third-order valence-corrected chi connectivity index (χ3v) is 3.26. The second kappa shape index (κ2) is 6.79. The maximum Gasteiger partial charge on any atom is 0.490 e. The Hall–Kier alpha value is -1.77. The molecule has 9 heteroatoms. The molecule has 5 nitrogen and oxygen atoms in total. The highest BCUT2D eigenvalue weighted by Crippen LogP contribution is 2.22. The number of halogens is 4. The van der Waals surface area contributed by atoms with E-state index in [1.807, 2.05) is 4.90 Å². The zero-order valence-electron chi connectivity index (χ0n) is 10.7. The second-order valence-electron chi connectivity index (χ2n) is 4.27. The lowest BCUT2D eigenvalue weighted by Gasteiger charge is -2.29. The van der Waals surface area contributed by atoms with Crippen molar-refractivity contribution in [3.05, 3.63) is 33.8 Å². The van der Waals surface area contributed by atoms with E-state index in [9.17, 15) is 13.2 Å². The molecule has 0 spiro atoms. The van der Waals surface area contributed by atoms with Crippen LogP contribution >= 0.6 is 15.9 Å². The van der Waals surface area contributed by atoms with Gasteiger partial charge < -0.3 is 15.7 Å². The van der Waals surface area contributed by atoms with Crippen molar-refractivity contribution in [3.63, 3.8) is 0 Å². The molecule has 116 valence electrons. The molecule has 0 saturated heterocycles. The molecule has 1 aliphatic rings. The number of aliphatic carboxylic acids is 1. The molecule has 0 saturated carbocycles. The van der Waals surface area contributed by atoms with Gasteiger partial charge >= 0.3 is 12.1 Å². The number of nitrogens with one attached hydrogen (secondary N) is 1. The molecule has 1 aliphatic heterocycles. The first-order valence-electron chi connectivity index (χ1n) is 5.77. The van der Waals surface area contributed by atoms with Gasteiger partial charge in [0.15, 0.2) is 5.96 Å². The van der Waals surface area contributed by atoms with Gasteiger partial charge in [0.1, 0.15) is 0 Å². The molecular weight excluding hydrogens is 355 g/mol. The fourth-order valence-corrected chi connectivity index (χ4v) is 2.14. The van der Waals surface area contributed by atoms with Gasteiger partial charge in [-0.15, -0.1) is 0 Å². The van der Waals surface area contributed by atoms with E-state index in [-0.39, 0.29) is 5.96 Å². The summed E-state index contributed by atoms with van der Waals surface area (Å²) in [6.45, 7) is 1.61. The number of hydrogen-bond donors (Lipinski definition) is 3. The number of carboxylic acid groups (broad SMARTS) is 1. The molecule has 21 heavy (non-hydrogen) atoms. The molecule has 4 N–H and O–H groups in total. The molecule has 0 unspecified atom stereocenters. The Morgan fingerprint density at radius 2 is 1.95 bits per heavy atom. The minimum Gasteiger partial charge on any atom is -0.475 e. The zero-order valence-corrected chi connectivity index (χ0v) is 12.3. The molecule has 2 rings (SSSR count). The molecule has 0 amide bonds. The van der Waals surface area contributed by atoms with E-state index in [1.165, 1.54) is 11.1 Å². The predicted octanol–water partition coefficient (Wildman–Crippen LogP) is 2.33. The van der Waals surface area contributed by atoms with Crippen molar-refractivity contribution < 1.29 is 23.1 Å². The number of nitrogens with zero attached hydrogens (tertiary/aromatic N) is 1. The van der Waals surface area contributed by atoms with Gasteiger partial charge in [0.2, 0.25) is 0 Å². The minimum atomic E-state index is -5.08. The number of nitrogens with two attached hydrogens (primary N) is 1. The van der Waals surface area contributed by atoms with Crippen LogP contribution in [0.15, 0.2) is 22.7 Å². The third kappa shape index (κ3) is 5.25. The Morgan fingerprint density at radius 1 is 1.38 bits per heavy atom. The van der Waals surface area contributed by atoms with Crippen molar-refractivity contribution in [1.29, 1.82) is 5.41 Å². The number of fused-ring (bicyclic) bond motifs is 1. The molecule has 0 radical (unpaired) electrons. The highest BCUT2D eigenvalue weighted by atomic mass is 79.9. The van der Waals surface area contributed by atoms with Gasteiger partial charge in [-0.05, 0) is 29.7 Å². The summed E-state index contributed by atoms with van der Waals surface area (Å²) in [4.78, 5) is 10.8. The lowest BCUT2D eigenvalue weighted by molar-refractivity contribution is -0.192. The first-order valence-corrected chi connectivity index (χ1v) is 6.57. The molecule has 1 aromatic carbocycles. The summed E-state index contributed by atoms with van der Waals surface area (Å²) >= 11 is 3.44. The van der Waals surface area contributed by atoms with Crippen LogP contribution in [0.4, 0.5) is 13.2 Å². The lowest BCUT2D eigenvalue weighted by atomic mass is 10.0. The predicted molar refractivity (Wildman–Crippen MR) is 73.9 cm³/mol. The van der Waals surface area contributed by atoms with Crippen LogP contribution in [0.1, 0.15) is 11.1 Å². The number of carboxylic acids is 1. The van der Waals surface area contributed by atoms with E-state index in [1.54, 1.807) is 0 Å². The first-order chi connectivity index (χ1) is 9.61. The van der Waals surface area contributed by atoms with E-state index in [4.69, 9.17) is 21.0 Å². The van der Waals surface area contributed by atoms with Crippen molar-refractivity contribution in [2.75, 3.05) is 6.54 Å². The van der Waals surface area contributed by atoms with Gasteiger partial charge in [0.05, 0.1) is 0 Å². The van der Waals surface area contributed by atoms with Gasteiger partial charge in [0, 0.05) is 17.6 Å². The van der Waals surface area contributed by atoms with Crippen LogP contribution in [0.3, 0.4) is 0 Å². The second-order valence-corrected chi connectivity index (χ2v) is 5.19. The van der Waals surface area contributed by atoms with E-state index in [2.05, 4.69) is 34.1 Å². The standard InChI is InChI=1S/C10H12BrN3.C2HF3O2/c11-9-2-1-7-3-4-14(10(12)13)6-8(7)5-9;3-2(4,5)1(6)7/h1-2,5H,3-4,6H2,(H3,12,13);(H,6,7). The van der Waals surface area contributed by atoms with Gasteiger partial charge in [-0.25, -0.2) is 4.79 Å². The number of benzene rings is 1. The van der Waals surface area contributed by atoms with Gasteiger partial charge in [-0.3, -0.25) is 5.41 Å². The average Bonchev–Trinajstić information content (AvgIpc) is 2.37. The van der Waals surface area contributed by atoms with E-state index < -0.39 is 12.1 Å². The molecule has 1 aromatic rings. The van der Waals surface area contributed by atoms with Crippen LogP contribution in [0.5, 0.6) is 0 Å². The van der Waals surface area contributed by atoms with Gasteiger partial charge in [-0.1, -0.05) is 22.0 Å². The highest BCUT2D eigenvalue weighted by Gasteiger charge is 2.38. The molecule has 0 atom stereocenters. The number of guanidine groups is 1. The Kier molecular flexibility index (Phi) is 5.59. The van der Waals surface area contributed by atoms with Crippen molar-refractivity contribution in [2.24, 2.45) is 5.73 Å². The fraction of sp³-hybridized carbons (Fsp3) is 0.333. The van der Waals surface area contributed by atoms with Crippen LogP contribution < -0.4 is 5.73 Å². The van der Waals surface area contributed by atoms with E-state index in [0.717, 1.165) is 24.0 Å². The molecule has 0 fully saturated rings. The highest BCUT2D eigenvalue weighted by molar-refractivity contribution is 9.10. The van der Waals surface area contributed by atoms with Crippen LogP contribution in [0.25, 0.3) is 0 Å². The van der Waals surface area contributed by atoms with Crippen LogP contribution in [-0.2, 0) is 17.8 Å². The smallest absolute Gasteiger partial charge is 0.475 e. The summed E-state index contributed by atoms with van der Waals surface area (Å²) in [7, 11) is 0. The van der Waals surface area contributed by atoms with E-state index in [0.29, 0.717) is 0 Å². The van der Waals surface area contributed by atoms with Crippen molar-refractivity contribution in [3.8, 4) is 0 Å². The summed E-state index contributed by atoms with van der Waals surface area (Å²) in [5.41, 5.74) is 8.09. The zero-order chi connectivity index (χ0) is 16.2. The minimum absolute atomic E-state index is 0.163. The Bertz CT molecular complexity index is 549. The maximum atomic E-state index is 10.6. The van der Waals surface area contributed by atoms with Crippen LogP contribution in [0, 0.1) is 5.41 Å². The molecular formula is C12H13BrF3N3O2. The quantitative estimate of drug-likeness (QED) is 0.484. The topological polar surface area (TPSA) is 90.4 Å². The number of alkyl halides is 3. The first kappa shape index (κ1) is 17.3. The number of carbonyl (C=O) groups is 1. The lowest BCUT2D eigenvalue weighted by Crippen LogP contribution is -2.40. The number of rotatable bonds is 0. The summed E-state index contributed by atoms with van der Waals surface area (Å²) < 4.78 is 32.8. The molecule has 0 bridgehead atoms. The van der Waals surface area contributed by atoms with Crippen LogP contribution in [0.2, 0.25) is 0 Å². The van der Waals surface area contributed by atoms with Crippen molar-refractivity contribution >= 4 is 27.9 Å². The molecule has 0 aliphatic carbocycles. The summed E-state index contributed by atoms with van der Waals surface area (Å²) in [5, 5.41) is 14.5. The fourth-order valence-electron chi connectivity index (χ4n) is 1.73. The van der Waals surface area contributed by atoms with Crippen molar-refractivity contribution in [2.45, 2.75) is 19.1 Å². The SMILES string of the molecule is N=C(N)N1CCc2ccc(Br)cc2C1.O=C(O)C(F)(F)F. The average molecular weight is 368 g/mol. The number of hydrogen-bond acceptors (Lipinski definition) is 2. The summed E-state index contributed by atoms with van der Waals surface area (Å²) in [6, 6.07) is 6.30. The monoisotopic (exact) mass is 367 g/mol. The molecule has 0 aromatic heterocycles. The summed E-state index contributed by atoms with van der Waals surface area (Å²) in [6.07, 6.45) is -4.11. The largest absolute Gasteiger partial charge is 0.490 e. The molecule has 1 heterocycles. The summed E-state index contributed by atoms with van der Waals surface area (Å²) in [5.74, 6) is -2.59.